The van der Waals surface area contributed by atoms with Crippen LogP contribution in [0.1, 0.15) is 29.5 Å². The number of likely N-dealkylation sites (tertiary alicyclic amines) is 1. The van der Waals surface area contributed by atoms with Crippen molar-refractivity contribution >= 4 is 5.57 Å². The Bertz CT molecular complexity index is 610. The molecule has 0 saturated carbocycles. The normalized spacial score (nSPS) is 15.9. The van der Waals surface area contributed by atoms with E-state index in [0.29, 0.717) is 0 Å². The lowest BCUT2D eigenvalue weighted by Crippen LogP contribution is -2.26. The molecule has 0 unspecified atom stereocenters. The van der Waals surface area contributed by atoms with Crippen molar-refractivity contribution in [3.63, 3.8) is 0 Å². The highest BCUT2D eigenvalue weighted by Gasteiger charge is 2.17. The van der Waals surface area contributed by atoms with Gasteiger partial charge in [0.2, 0.25) is 0 Å². The Morgan fingerprint density at radius 2 is 1.36 bits per heavy atom. The van der Waals surface area contributed by atoms with Crippen LogP contribution in [0.2, 0.25) is 0 Å². The summed E-state index contributed by atoms with van der Waals surface area (Å²) in [5.41, 5.74) is 6.37. The third-order valence-electron chi connectivity index (χ3n) is 4.42. The fraction of sp³-hybridized carbons (Fsp3) is 0.300. The molecular formula is C20H22FN. The maximum Gasteiger partial charge on any atom is 0.123 e. The molecule has 1 aliphatic heterocycles. The smallest absolute Gasteiger partial charge is 0.123 e. The minimum atomic E-state index is -0.180. The highest BCUT2D eigenvalue weighted by molar-refractivity contribution is 5.82. The van der Waals surface area contributed by atoms with Crippen LogP contribution in [0.15, 0.2) is 54.1 Å². The minimum Gasteiger partial charge on any atom is -0.306 e. The molecule has 0 amide bonds. The Morgan fingerprint density at radius 1 is 0.864 bits per heavy atom. The van der Waals surface area contributed by atoms with Gasteiger partial charge in [-0.1, -0.05) is 47.5 Å². The van der Waals surface area contributed by atoms with Crippen LogP contribution in [0.3, 0.4) is 0 Å². The number of benzene rings is 2. The van der Waals surface area contributed by atoms with Gasteiger partial charge in [-0.3, -0.25) is 0 Å². The molecule has 0 aromatic heterocycles. The highest BCUT2D eigenvalue weighted by Crippen LogP contribution is 2.32. The molecule has 1 saturated heterocycles. The van der Waals surface area contributed by atoms with Gasteiger partial charge in [0.05, 0.1) is 0 Å². The van der Waals surface area contributed by atoms with Crippen molar-refractivity contribution in [3.8, 4) is 0 Å². The molecule has 1 heterocycles. The first-order valence-corrected chi connectivity index (χ1v) is 7.87. The van der Waals surface area contributed by atoms with Crippen molar-refractivity contribution in [2.75, 3.05) is 20.1 Å². The van der Waals surface area contributed by atoms with E-state index in [2.05, 4.69) is 43.1 Å². The number of hydrogen-bond donors (Lipinski definition) is 0. The predicted molar refractivity (Wildman–Crippen MR) is 90.3 cm³/mol. The summed E-state index contributed by atoms with van der Waals surface area (Å²) in [5, 5.41) is 0. The van der Waals surface area contributed by atoms with Gasteiger partial charge in [-0.25, -0.2) is 4.39 Å². The van der Waals surface area contributed by atoms with Crippen LogP contribution < -0.4 is 0 Å². The Labute approximate surface area is 132 Å². The first-order chi connectivity index (χ1) is 10.6. The lowest BCUT2D eigenvalue weighted by molar-refractivity contribution is 0.313. The molecule has 2 heteroatoms. The van der Waals surface area contributed by atoms with Crippen molar-refractivity contribution in [2.24, 2.45) is 0 Å². The van der Waals surface area contributed by atoms with E-state index < -0.39 is 0 Å². The number of hydrogen-bond acceptors (Lipinski definition) is 1. The third kappa shape index (κ3) is 3.28. The van der Waals surface area contributed by atoms with Crippen LogP contribution in [-0.2, 0) is 0 Å². The highest BCUT2D eigenvalue weighted by atomic mass is 19.1. The van der Waals surface area contributed by atoms with Crippen molar-refractivity contribution in [2.45, 2.75) is 19.8 Å². The molecule has 2 aromatic rings. The number of aryl methyl sites for hydroxylation is 1. The Balaban J connectivity index is 2.07. The standard InChI is InChI=1S/C20H22FN/c1-15-3-5-16(6-4-15)20(17-7-9-19(21)10-8-17)18-11-13-22(2)14-12-18/h3-10H,11-14H2,1-2H3. The number of piperidine rings is 1. The molecule has 0 radical (unpaired) electrons. The third-order valence-corrected chi connectivity index (χ3v) is 4.42. The van der Waals surface area contributed by atoms with Gasteiger partial charge in [0.15, 0.2) is 0 Å². The Hall–Kier alpha value is -1.93. The molecule has 1 nitrogen and oxygen atoms in total. The Kier molecular flexibility index (Phi) is 4.39. The maximum atomic E-state index is 13.3. The predicted octanol–water partition coefficient (Wildman–Crippen LogP) is 4.66. The molecule has 0 bridgehead atoms. The summed E-state index contributed by atoms with van der Waals surface area (Å²) in [6, 6.07) is 15.6. The number of rotatable bonds is 2. The van der Waals surface area contributed by atoms with Crippen LogP contribution in [0.25, 0.3) is 5.57 Å². The summed E-state index contributed by atoms with van der Waals surface area (Å²) >= 11 is 0. The van der Waals surface area contributed by atoms with E-state index in [0.717, 1.165) is 31.5 Å². The van der Waals surface area contributed by atoms with E-state index in [1.807, 2.05) is 12.1 Å². The summed E-state index contributed by atoms with van der Waals surface area (Å²) in [7, 11) is 2.17. The van der Waals surface area contributed by atoms with Gasteiger partial charge in [0, 0.05) is 13.1 Å². The van der Waals surface area contributed by atoms with Crippen LogP contribution in [0, 0.1) is 12.7 Å². The van der Waals surface area contributed by atoms with E-state index in [4.69, 9.17) is 0 Å². The first kappa shape index (κ1) is 15.0. The molecule has 1 fully saturated rings. The van der Waals surface area contributed by atoms with Crippen molar-refractivity contribution in [1.82, 2.24) is 4.90 Å². The average Bonchev–Trinajstić information content (AvgIpc) is 2.53. The second kappa shape index (κ2) is 6.45. The monoisotopic (exact) mass is 295 g/mol. The SMILES string of the molecule is Cc1ccc(C(=C2CCN(C)CC2)c2ccc(F)cc2)cc1. The van der Waals surface area contributed by atoms with Crippen LogP contribution in [0.4, 0.5) is 4.39 Å². The van der Waals surface area contributed by atoms with Gasteiger partial charge in [-0.05, 0) is 55.6 Å². The molecule has 114 valence electrons. The molecule has 1 aliphatic rings. The molecule has 0 aliphatic carbocycles. The second-order valence-electron chi connectivity index (χ2n) is 6.15. The summed E-state index contributed by atoms with van der Waals surface area (Å²) in [6.07, 6.45) is 2.16. The summed E-state index contributed by atoms with van der Waals surface area (Å²) < 4.78 is 13.3. The van der Waals surface area contributed by atoms with E-state index in [1.54, 1.807) is 12.1 Å². The van der Waals surface area contributed by atoms with Crippen molar-refractivity contribution in [3.05, 3.63) is 76.6 Å². The molecule has 0 spiro atoms. The average molecular weight is 295 g/mol. The zero-order chi connectivity index (χ0) is 15.5. The summed E-state index contributed by atoms with van der Waals surface area (Å²) in [6.45, 7) is 4.28. The molecule has 0 atom stereocenters. The van der Waals surface area contributed by atoms with Crippen LogP contribution in [0.5, 0.6) is 0 Å². The van der Waals surface area contributed by atoms with Gasteiger partial charge in [-0.15, -0.1) is 0 Å². The zero-order valence-electron chi connectivity index (χ0n) is 13.3. The second-order valence-corrected chi connectivity index (χ2v) is 6.15. The fourth-order valence-corrected chi connectivity index (χ4v) is 3.05. The summed E-state index contributed by atoms with van der Waals surface area (Å²) in [4.78, 5) is 2.36. The quantitative estimate of drug-likeness (QED) is 0.778. The lowest BCUT2D eigenvalue weighted by atomic mass is 9.88. The summed E-state index contributed by atoms with van der Waals surface area (Å²) in [5.74, 6) is -0.180. The fourth-order valence-electron chi connectivity index (χ4n) is 3.05. The maximum absolute atomic E-state index is 13.3. The number of nitrogens with zero attached hydrogens (tertiary/aromatic N) is 1. The topological polar surface area (TPSA) is 3.24 Å². The molecule has 0 N–H and O–H groups in total. The van der Waals surface area contributed by atoms with E-state index in [1.165, 1.54) is 22.3 Å². The molecule has 2 aromatic carbocycles. The molecular weight excluding hydrogens is 273 g/mol. The van der Waals surface area contributed by atoms with E-state index in [9.17, 15) is 4.39 Å². The minimum absolute atomic E-state index is 0.180. The van der Waals surface area contributed by atoms with Crippen molar-refractivity contribution in [1.29, 1.82) is 0 Å². The zero-order valence-corrected chi connectivity index (χ0v) is 13.3. The van der Waals surface area contributed by atoms with E-state index >= 15 is 0 Å². The van der Waals surface area contributed by atoms with Gasteiger partial charge in [-0.2, -0.15) is 0 Å². The van der Waals surface area contributed by atoms with Crippen LogP contribution >= 0.6 is 0 Å². The van der Waals surface area contributed by atoms with Gasteiger partial charge in [0.1, 0.15) is 5.82 Å². The van der Waals surface area contributed by atoms with Gasteiger partial charge in [0.25, 0.3) is 0 Å². The van der Waals surface area contributed by atoms with Gasteiger partial charge >= 0.3 is 0 Å². The van der Waals surface area contributed by atoms with Crippen molar-refractivity contribution < 1.29 is 4.39 Å². The Morgan fingerprint density at radius 3 is 1.91 bits per heavy atom. The molecule has 22 heavy (non-hydrogen) atoms. The first-order valence-electron chi connectivity index (χ1n) is 7.87. The molecule has 3 rings (SSSR count). The lowest BCUT2D eigenvalue weighted by Gasteiger charge is -2.27. The largest absolute Gasteiger partial charge is 0.306 e. The van der Waals surface area contributed by atoms with Crippen LogP contribution in [-0.4, -0.2) is 25.0 Å². The van der Waals surface area contributed by atoms with Gasteiger partial charge < -0.3 is 4.90 Å². The van der Waals surface area contributed by atoms with E-state index in [-0.39, 0.29) is 5.82 Å². The number of halogens is 1.